The van der Waals surface area contributed by atoms with Gasteiger partial charge < -0.3 is 35.4 Å². The fraction of sp³-hybridized carbons (Fsp3) is 0.548. The maximum absolute atomic E-state index is 14.5. The standard InChI is InChI=1S/C42H50F4N6O8/c1-23-15-34-41(59)60-22-31(39(57)51-14-6-8-33(51)40(58)50-13-5-4-7-32(50)37(55)47-24(2)38(56)52(34)21-23)49-36(54)30(18-26-16-28(43)20-29(44)17-26)48-35(53)19-25-9-11-27(12-10-25)42(3,45)46/h9-12,16-17,20,23-24,30-34H,4-8,13-15,18-19,21-22H2,1-3H3,(H,47,55)(H,48,53)(H,49,54)/t23-,24-,30-,31-,32-,33-,34-/m0/s1. The molecule has 0 radical (unpaired) electrons. The number of esters is 1. The Morgan fingerprint density at radius 3 is 2.17 bits per heavy atom. The van der Waals surface area contributed by atoms with Crippen molar-refractivity contribution in [2.24, 2.45) is 5.92 Å². The van der Waals surface area contributed by atoms with Gasteiger partial charge in [-0.15, -0.1) is 0 Å². The van der Waals surface area contributed by atoms with Gasteiger partial charge in [-0.25, -0.2) is 22.4 Å². The number of nitrogens with one attached hydrogen (secondary N) is 3. The monoisotopic (exact) mass is 842 g/mol. The largest absolute Gasteiger partial charge is 0.461 e. The molecule has 6 amide bonds. The number of fused-ring (bicyclic) bond motifs is 3. The van der Waals surface area contributed by atoms with Crippen LogP contribution in [-0.2, 0) is 57.1 Å². The highest BCUT2D eigenvalue weighted by Crippen LogP contribution is 2.29. The smallest absolute Gasteiger partial charge is 0.328 e. The third kappa shape index (κ3) is 10.2. The molecule has 4 saturated heterocycles. The first-order valence-electron chi connectivity index (χ1n) is 20.3. The van der Waals surface area contributed by atoms with Gasteiger partial charge in [-0.3, -0.25) is 28.8 Å². The van der Waals surface area contributed by atoms with Crippen molar-refractivity contribution in [1.82, 2.24) is 30.7 Å². The summed E-state index contributed by atoms with van der Waals surface area (Å²) >= 11 is 0. The van der Waals surface area contributed by atoms with Crippen LogP contribution in [0, 0.1) is 17.6 Å². The van der Waals surface area contributed by atoms with E-state index in [2.05, 4.69) is 16.0 Å². The normalized spacial score (nSPS) is 26.1. The van der Waals surface area contributed by atoms with E-state index in [4.69, 9.17) is 4.74 Å². The van der Waals surface area contributed by atoms with E-state index in [1.807, 2.05) is 6.92 Å². The van der Waals surface area contributed by atoms with Crippen LogP contribution in [0.4, 0.5) is 17.6 Å². The molecule has 4 aliphatic heterocycles. The highest BCUT2D eigenvalue weighted by atomic mass is 19.3. The number of ether oxygens (including phenoxy) is 1. The van der Waals surface area contributed by atoms with E-state index < -0.39 is 108 Å². The average molecular weight is 843 g/mol. The van der Waals surface area contributed by atoms with Crippen molar-refractivity contribution >= 4 is 41.4 Å². The van der Waals surface area contributed by atoms with Crippen LogP contribution >= 0.6 is 0 Å². The molecule has 0 spiro atoms. The SMILES string of the molecule is C[C@H]1C[C@H]2C(=O)OC[C@H](NC(=O)[C@H](Cc3cc(F)cc(F)c3)NC(=O)Cc3ccc(C(C)(F)F)cc3)C(=O)N3CCC[C@H]3C(=O)N3CCCC[C@H]3C(=O)N[C@@H](C)C(=O)N2C1. The topological polar surface area (TPSA) is 175 Å². The number of carbonyl (C=O) groups excluding carboxylic acids is 7. The van der Waals surface area contributed by atoms with Gasteiger partial charge in [-0.2, -0.15) is 0 Å². The second kappa shape index (κ2) is 18.4. The Kier molecular flexibility index (Phi) is 13.5. The lowest BCUT2D eigenvalue weighted by Crippen LogP contribution is -2.62. The van der Waals surface area contributed by atoms with E-state index in [1.165, 1.54) is 33.8 Å². The molecule has 7 atom stereocenters. The van der Waals surface area contributed by atoms with Gasteiger partial charge in [0.15, 0.2) is 0 Å². The lowest BCUT2D eigenvalue weighted by molar-refractivity contribution is -0.158. The van der Waals surface area contributed by atoms with Crippen LogP contribution in [0.2, 0.25) is 0 Å². The number of cyclic esters (lactones) is 1. The van der Waals surface area contributed by atoms with Crippen LogP contribution in [0.25, 0.3) is 0 Å². The van der Waals surface area contributed by atoms with Crippen molar-refractivity contribution in [2.45, 2.75) is 114 Å². The number of hydrogen-bond donors (Lipinski definition) is 3. The molecule has 0 aliphatic carbocycles. The van der Waals surface area contributed by atoms with Crippen molar-refractivity contribution in [3.63, 3.8) is 0 Å². The second-order valence-electron chi connectivity index (χ2n) is 16.4. The first kappa shape index (κ1) is 44.0. The van der Waals surface area contributed by atoms with Crippen LogP contribution < -0.4 is 16.0 Å². The lowest BCUT2D eigenvalue weighted by atomic mass is 9.99. The number of rotatable bonds is 8. The molecular weight excluding hydrogens is 792 g/mol. The highest BCUT2D eigenvalue weighted by molar-refractivity contribution is 5.98. The summed E-state index contributed by atoms with van der Waals surface area (Å²) in [6, 6.07) is 0.219. The summed E-state index contributed by atoms with van der Waals surface area (Å²) in [6.07, 6.45) is 1.59. The molecule has 2 aromatic carbocycles. The molecule has 4 aliphatic rings. The van der Waals surface area contributed by atoms with Crippen LogP contribution in [-0.4, -0.2) is 119 Å². The number of carbonyl (C=O) groups is 7. The van der Waals surface area contributed by atoms with Gasteiger partial charge in [-0.1, -0.05) is 31.2 Å². The lowest BCUT2D eigenvalue weighted by Gasteiger charge is -2.39. The van der Waals surface area contributed by atoms with Crippen LogP contribution in [0.15, 0.2) is 42.5 Å². The molecule has 4 heterocycles. The van der Waals surface area contributed by atoms with Crippen LogP contribution in [0.5, 0.6) is 0 Å². The van der Waals surface area contributed by atoms with Crippen molar-refractivity contribution < 1.29 is 55.9 Å². The molecule has 6 rings (SSSR count). The Hall–Kier alpha value is -5.55. The molecule has 0 saturated carbocycles. The summed E-state index contributed by atoms with van der Waals surface area (Å²) in [4.78, 5) is 101. The van der Waals surface area contributed by atoms with Crippen molar-refractivity contribution in [1.29, 1.82) is 0 Å². The predicted octanol–water partition coefficient (Wildman–Crippen LogP) is 2.50. The Balaban J connectivity index is 1.30. The van der Waals surface area contributed by atoms with E-state index >= 15 is 0 Å². The molecule has 2 aromatic rings. The molecule has 0 bridgehead atoms. The quantitative estimate of drug-likeness (QED) is 0.269. The summed E-state index contributed by atoms with van der Waals surface area (Å²) in [5, 5.41) is 7.80. The number of alkyl halides is 2. The van der Waals surface area contributed by atoms with Crippen LogP contribution in [0.3, 0.4) is 0 Å². The number of benzene rings is 2. The average Bonchev–Trinajstić information content (AvgIpc) is 3.84. The van der Waals surface area contributed by atoms with Gasteiger partial charge in [0.05, 0.1) is 6.42 Å². The highest BCUT2D eigenvalue weighted by Gasteiger charge is 2.46. The minimum absolute atomic E-state index is 0.0297. The summed E-state index contributed by atoms with van der Waals surface area (Å²) in [5.74, 6) is -10.2. The van der Waals surface area contributed by atoms with Gasteiger partial charge >= 0.3 is 5.97 Å². The van der Waals surface area contributed by atoms with Crippen molar-refractivity contribution in [2.75, 3.05) is 26.2 Å². The molecule has 4 fully saturated rings. The fourth-order valence-corrected chi connectivity index (χ4v) is 8.51. The van der Waals surface area contributed by atoms with Crippen molar-refractivity contribution in [3.8, 4) is 0 Å². The van der Waals surface area contributed by atoms with E-state index in [9.17, 15) is 51.1 Å². The van der Waals surface area contributed by atoms with E-state index in [0.717, 1.165) is 31.2 Å². The van der Waals surface area contributed by atoms with Crippen molar-refractivity contribution in [3.05, 3.63) is 70.8 Å². The molecule has 0 unspecified atom stereocenters. The number of nitrogens with zero attached hydrogens (tertiary/aromatic N) is 3. The maximum Gasteiger partial charge on any atom is 0.328 e. The molecule has 324 valence electrons. The zero-order valence-corrected chi connectivity index (χ0v) is 33.7. The molecule has 18 heteroatoms. The van der Waals surface area contributed by atoms with Gasteiger partial charge in [0.2, 0.25) is 35.4 Å². The number of hydrogen-bond acceptors (Lipinski definition) is 8. The zero-order chi connectivity index (χ0) is 43.5. The fourth-order valence-electron chi connectivity index (χ4n) is 8.51. The Bertz CT molecular complexity index is 1980. The van der Waals surface area contributed by atoms with Gasteiger partial charge in [0.1, 0.15) is 54.5 Å². The second-order valence-corrected chi connectivity index (χ2v) is 16.4. The minimum atomic E-state index is -3.12. The Morgan fingerprint density at radius 1 is 0.833 bits per heavy atom. The van der Waals surface area contributed by atoms with E-state index in [0.29, 0.717) is 37.3 Å². The Labute approximate surface area is 344 Å². The zero-order valence-electron chi connectivity index (χ0n) is 33.7. The molecule has 0 aromatic heterocycles. The number of amides is 6. The molecule has 14 nitrogen and oxygen atoms in total. The minimum Gasteiger partial charge on any atom is -0.461 e. The number of halogens is 4. The maximum atomic E-state index is 14.5. The third-order valence-electron chi connectivity index (χ3n) is 11.6. The van der Waals surface area contributed by atoms with Gasteiger partial charge in [0.25, 0.3) is 5.92 Å². The van der Waals surface area contributed by atoms with Crippen LogP contribution in [0.1, 0.15) is 76.0 Å². The molecule has 60 heavy (non-hydrogen) atoms. The summed E-state index contributed by atoms with van der Waals surface area (Å²) in [5.41, 5.74) is 0.00598. The van der Waals surface area contributed by atoms with E-state index in [1.54, 1.807) is 0 Å². The van der Waals surface area contributed by atoms with Gasteiger partial charge in [-0.05, 0) is 74.6 Å². The van der Waals surface area contributed by atoms with E-state index in [-0.39, 0.29) is 55.9 Å². The summed E-state index contributed by atoms with van der Waals surface area (Å²) < 4.78 is 61.9. The first-order valence-corrected chi connectivity index (χ1v) is 20.3. The third-order valence-corrected chi connectivity index (χ3v) is 11.6. The Morgan fingerprint density at radius 2 is 1.48 bits per heavy atom. The number of piperidine rings is 1. The molecule has 3 N–H and O–H groups in total. The first-order chi connectivity index (χ1) is 28.4. The van der Waals surface area contributed by atoms with Gasteiger partial charge in [0, 0.05) is 44.6 Å². The molecular formula is C42H50F4N6O8. The summed E-state index contributed by atoms with van der Waals surface area (Å²) in [7, 11) is 0. The summed E-state index contributed by atoms with van der Waals surface area (Å²) in [6.45, 7) is 3.83. The predicted molar refractivity (Wildman–Crippen MR) is 206 cm³/mol.